The van der Waals surface area contributed by atoms with E-state index < -0.39 is 17.7 Å². The van der Waals surface area contributed by atoms with Crippen LogP contribution in [0.5, 0.6) is 0 Å². The molecule has 2 fully saturated rings. The molecule has 0 N–H and O–H groups in total. The molecule has 4 heterocycles. The monoisotopic (exact) mass is 518 g/mol. The van der Waals surface area contributed by atoms with Gasteiger partial charge in [0.05, 0.1) is 11.6 Å². The molecular weight excluding hydrogens is 484 g/mol. The van der Waals surface area contributed by atoms with E-state index >= 15 is 0 Å². The third kappa shape index (κ3) is 4.48. The number of likely N-dealkylation sites (N-methyl/N-ethyl adjacent to an activating group) is 1. The number of pyridine rings is 1. The minimum Gasteiger partial charge on any atom is -0.444 e. The van der Waals surface area contributed by atoms with Crippen molar-refractivity contribution in [1.82, 2.24) is 24.8 Å². The first-order valence-corrected chi connectivity index (χ1v) is 13.0. The summed E-state index contributed by atoms with van der Waals surface area (Å²) in [6, 6.07) is 4.96. The number of aromatic nitrogens is 3. The van der Waals surface area contributed by atoms with E-state index in [9.17, 15) is 14.9 Å². The molecule has 1 atom stereocenters. The molecule has 1 saturated heterocycles. The van der Waals surface area contributed by atoms with Crippen LogP contribution in [0.2, 0.25) is 0 Å². The second-order valence-electron chi connectivity index (χ2n) is 11.5. The highest BCUT2D eigenvalue weighted by Crippen LogP contribution is 2.56. The van der Waals surface area contributed by atoms with Gasteiger partial charge < -0.3 is 19.4 Å². The number of carbonyl (C=O) groups excluding carboxylic acids is 2. The molecule has 0 bridgehead atoms. The van der Waals surface area contributed by atoms with Gasteiger partial charge in [0, 0.05) is 57.4 Å². The Balaban J connectivity index is 1.51. The van der Waals surface area contributed by atoms with Gasteiger partial charge in [-0.15, -0.1) is 0 Å². The Morgan fingerprint density at radius 2 is 1.89 bits per heavy atom. The predicted molar refractivity (Wildman–Crippen MR) is 141 cm³/mol. The quantitative estimate of drug-likeness (QED) is 0.604. The molecule has 2 aromatic rings. The Labute approximate surface area is 223 Å². The van der Waals surface area contributed by atoms with E-state index in [-0.39, 0.29) is 11.3 Å². The molecule has 2 aromatic heterocycles. The summed E-state index contributed by atoms with van der Waals surface area (Å²) in [5, 5.41) is 9.41. The van der Waals surface area contributed by atoms with Gasteiger partial charge in [-0.3, -0.25) is 9.69 Å². The molecule has 1 aliphatic carbocycles. The van der Waals surface area contributed by atoms with Gasteiger partial charge in [-0.25, -0.2) is 19.7 Å². The Morgan fingerprint density at radius 3 is 2.53 bits per heavy atom. The summed E-state index contributed by atoms with van der Waals surface area (Å²) in [6.45, 7) is 7.32. The number of nitrogens with zero attached hydrogens (tertiary/aromatic N) is 8. The number of hydrogen-bond donors (Lipinski definition) is 0. The molecule has 5 rings (SSSR count). The molecular formula is C27H34N8O3. The number of anilines is 3. The SMILES string of the molecule is CN(C)C(=O)[C@@H]1CN(c2ncnc3c2C2(CCC2)CN3c2cc(C#N)ccn2)CCN1C(=O)OC(C)(C)C. The molecule has 2 aliphatic heterocycles. The molecule has 1 spiro atoms. The summed E-state index contributed by atoms with van der Waals surface area (Å²) in [6.07, 6.45) is 5.83. The van der Waals surface area contributed by atoms with E-state index in [1.807, 2.05) is 20.8 Å². The van der Waals surface area contributed by atoms with Crippen LogP contribution < -0.4 is 9.80 Å². The summed E-state index contributed by atoms with van der Waals surface area (Å²) in [7, 11) is 3.39. The summed E-state index contributed by atoms with van der Waals surface area (Å²) in [5.41, 5.74) is 0.838. The number of amides is 2. The van der Waals surface area contributed by atoms with Crippen LogP contribution in [0, 0.1) is 11.3 Å². The van der Waals surface area contributed by atoms with Gasteiger partial charge in [0.2, 0.25) is 5.91 Å². The smallest absolute Gasteiger partial charge is 0.411 e. The van der Waals surface area contributed by atoms with Crippen molar-refractivity contribution in [2.75, 3.05) is 50.1 Å². The maximum absolute atomic E-state index is 13.3. The minimum atomic E-state index is -0.706. The zero-order chi connectivity index (χ0) is 27.2. The van der Waals surface area contributed by atoms with Gasteiger partial charge in [0.1, 0.15) is 35.4 Å². The fourth-order valence-corrected chi connectivity index (χ4v) is 5.60. The van der Waals surface area contributed by atoms with Gasteiger partial charge in [-0.1, -0.05) is 6.42 Å². The molecule has 11 heteroatoms. The highest BCUT2D eigenvalue weighted by atomic mass is 16.6. The Kier molecular flexibility index (Phi) is 6.37. The van der Waals surface area contributed by atoms with E-state index in [2.05, 4.69) is 25.8 Å². The molecule has 0 radical (unpaired) electrons. The van der Waals surface area contributed by atoms with Gasteiger partial charge >= 0.3 is 6.09 Å². The van der Waals surface area contributed by atoms with Crippen LogP contribution in [-0.2, 0) is 14.9 Å². The zero-order valence-corrected chi connectivity index (χ0v) is 22.6. The number of ether oxygens (including phenoxy) is 1. The molecule has 200 valence electrons. The maximum Gasteiger partial charge on any atom is 0.411 e. The van der Waals surface area contributed by atoms with Gasteiger partial charge in [0.15, 0.2) is 0 Å². The molecule has 0 unspecified atom stereocenters. The summed E-state index contributed by atoms with van der Waals surface area (Å²) >= 11 is 0. The van der Waals surface area contributed by atoms with Crippen molar-refractivity contribution in [2.24, 2.45) is 0 Å². The summed E-state index contributed by atoms with van der Waals surface area (Å²) in [5.74, 6) is 2.12. The Hall–Kier alpha value is -3.94. The van der Waals surface area contributed by atoms with Crippen molar-refractivity contribution >= 4 is 29.5 Å². The third-order valence-corrected chi connectivity index (χ3v) is 7.55. The molecule has 2 amide bonds. The van der Waals surface area contributed by atoms with Crippen molar-refractivity contribution in [3.8, 4) is 6.07 Å². The predicted octanol–water partition coefficient (Wildman–Crippen LogP) is 2.83. The molecule has 1 saturated carbocycles. The minimum absolute atomic E-state index is 0.112. The standard InChI is InChI=1S/C27H34N8O3/c1-26(2,3)38-25(37)34-12-11-33(15-19(34)24(36)32(4)5)22-21-23(31-17-30-22)35(16-27(21)8-6-9-27)20-13-18(14-28)7-10-29-20/h7,10,13,17,19H,6,8-9,11-12,15-16H2,1-5H3/t19-/m0/s1. The number of hydrogen-bond acceptors (Lipinski definition) is 9. The van der Waals surface area contributed by atoms with Crippen molar-refractivity contribution in [1.29, 1.82) is 5.26 Å². The fourth-order valence-electron chi connectivity index (χ4n) is 5.60. The van der Waals surface area contributed by atoms with Gasteiger partial charge in [0.25, 0.3) is 0 Å². The molecule has 3 aliphatic rings. The Bertz CT molecular complexity index is 1290. The zero-order valence-electron chi connectivity index (χ0n) is 22.6. The fraction of sp³-hybridized carbons (Fsp3) is 0.556. The maximum atomic E-state index is 13.3. The van der Waals surface area contributed by atoms with Crippen LogP contribution in [-0.4, -0.2) is 88.7 Å². The van der Waals surface area contributed by atoms with Crippen LogP contribution in [0.3, 0.4) is 0 Å². The average molecular weight is 519 g/mol. The summed E-state index contributed by atoms with van der Waals surface area (Å²) < 4.78 is 5.63. The van der Waals surface area contributed by atoms with Crippen LogP contribution in [0.25, 0.3) is 0 Å². The van der Waals surface area contributed by atoms with Crippen molar-refractivity contribution in [3.63, 3.8) is 0 Å². The van der Waals surface area contributed by atoms with E-state index in [1.165, 1.54) is 9.80 Å². The summed E-state index contributed by atoms with van der Waals surface area (Å²) in [4.78, 5) is 47.5. The molecule has 38 heavy (non-hydrogen) atoms. The highest BCUT2D eigenvalue weighted by Gasteiger charge is 2.52. The van der Waals surface area contributed by atoms with Gasteiger partial charge in [-0.2, -0.15) is 5.26 Å². The Morgan fingerprint density at radius 1 is 1.16 bits per heavy atom. The number of rotatable bonds is 3. The average Bonchev–Trinajstić information content (AvgIpc) is 3.23. The first-order valence-electron chi connectivity index (χ1n) is 13.0. The van der Waals surface area contributed by atoms with E-state index in [1.54, 1.807) is 38.8 Å². The second-order valence-corrected chi connectivity index (χ2v) is 11.5. The lowest BCUT2D eigenvalue weighted by atomic mass is 9.66. The number of nitriles is 1. The van der Waals surface area contributed by atoms with Crippen LogP contribution in [0.15, 0.2) is 24.7 Å². The van der Waals surface area contributed by atoms with Crippen LogP contribution >= 0.6 is 0 Å². The number of carbonyl (C=O) groups is 2. The van der Waals surface area contributed by atoms with E-state index in [4.69, 9.17) is 9.72 Å². The number of piperazine rings is 1. The van der Waals surface area contributed by atoms with Crippen molar-refractivity contribution in [2.45, 2.75) is 57.1 Å². The normalized spacial score (nSPS) is 20.0. The molecule has 11 nitrogen and oxygen atoms in total. The third-order valence-electron chi connectivity index (χ3n) is 7.55. The van der Waals surface area contributed by atoms with Crippen LogP contribution in [0.1, 0.15) is 51.2 Å². The lowest BCUT2D eigenvalue weighted by Crippen LogP contribution is -2.61. The first kappa shape index (κ1) is 25.7. The van der Waals surface area contributed by atoms with E-state index in [0.717, 1.165) is 36.5 Å². The van der Waals surface area contributed by atoms with Crippen molar-refractivity contribution in [3.05, 3.63) is 35.8 Å². The topological polar surface area (TPSA) is 119 Å². The largest absolute Gasteiger partial charge is 0.444 e. The number of fused-ring (bicyclic) bond motifs is 2. The van der Waals surface area contributed by atoms with Crippen molar-refractivity contribution < 1.29 is 14.3 Å². The second kappa shape index (κ2) is 9.42. The lowest BCUT2D eigenvalue weighted by Gasteiger charge is -2.44. The lowest BCUT2D eigenvalue weighted by molar-refractivity contribution is -0.134. The molecule has 0 aromatic carbocycles. The van der Waals surface area contributed by atoms with E-state index in [0.29, 0.717) is 37.6 Å². The van der Waals surface area contributed by atoms with Crippen LogP contribution in [0.4, 0.5) is 22.2 Å². The first-order chi connectivity index (χ1) is 18.0. The van der Waals surface area contributed by atoms with Gasteiger partial charge in [-0.05, 0) is 45.7 Å². The highest BCUT2D eigenvalue weighted by molar-refractivity contribution is 5.87.